The maximum absolute atomic E-state index is 12.3. The number of nitrogens with one attached hydrogen (secondary N) is 1. The summed E-state index contributed by atoms with van der Waals surface area (Å²) >= 11 is 0. The number of carbonyl (C=O) groups is 2. The van der Waals surface area contributed by atoms with E-state index in [-0.39, 0.29) is 0 Å². The molecule has 0 unspecified atom stereocenters. The molecule has 0 spiro atoms. The number of hydrogen-bond acceptors (Lipinski definition) is 3. The third-order valence-corrected chi connectivity index (χ3v) is 3.54. The van der Waals surface area contributed by atoms with E-state index in [4.69, 9.17) is 4.74 Å². The van der Waals surface area contributed by atoms with E-state index in [1.807, 2.05) is 18.2 Å². The fourth-order valence-corrected chi connectivity index (χ4v) is 2.30. The summed E-state index contributed by atoms with van der Waals surface area (Å²) in [6, 6.07) is 8.17. The molecule has 1 amide bonds. The van der Waals surface area contributed by atoms with Gasteiger partial charge in [-0.15, -0.1) is 0 Å². The van der Waals surface area contributed by atoms with Gasteiger partial charge in [0.25, 0.3) is 5.91 Å². The lowest BCUT2D eigenvalue weighted by molar-refractivity contribution is -0.144. The van der Waals surface area contributed by atoms with Gasteiger partial charge in [-0.1, -0.05) is 62.9 Å². The van der Waals surface area contributed by atoms with Crippen LogP contribution in [0, 0.1) is 0 Å². The van der Waals surface area contributed by atoms with E-state index in [1.165, 1.54) is 7.11 Å². The number of amides is 1. The van der Waals surface area contributed by atoms with Crippen LogP contribution in [0.2, 0.25) is 0 Å². The highest BCUT2D eigenvalue weighted by molar-refractivity contribution is 5.87. The Hall–Kier alpha value is -1.88. The van der Waals surface area contributed by atoms with Crippen molar-refractivity contribution in [3.05, 3.63) is 35.9 Å². The SMILES string of the molecule is CCCCCC[C@@H](NC(=O)[C@H](OC)c1ccccc1)C(=O)O. The number of carboxylic acids is 1. The third kappa shape index (κ3) is 5.85. The van der Waals surface area contributed by atoms with Gasteiger partial charge in [-0.2, -0.15) is 0 Å². The van der Waals surface area contributed by atoms with Gasteiger partial charge in [0.2, 0.25) is 0 Å². The quantitative estimate of drug-likeness (QED) is 0.652. The van der Waals surface area contributed by atoms with Crippen molar-refractivity contribution in [1.82, 2.24) is 5.32 Å². The van der Waals surface area contributed by atoms with Gasteiger partial charge in [0.1, 0.15) is 6.04 Å². The van der Waals surface area contributed by atoms with Crippen LogP contribution in [0.25, 0.3) is 0 Å². The van der Waals surface area contributed by atoms with E-state index in [2.05, 4.69) is 12.2 Å². The number of benzene rings is 1. The lowest BCUT2D eigenvalue weighted by Gasteiger charge is -2.19. The highest BCUT2D eigenvalue weighted by Crippen LogP contribution is 2.17. The first-order valence-corrected chi connectivity index (χ1v) is 7.71. The molecule has 0 fully saturated rings. The molecule has 5 heteroatoms. The summed E-state index contributed by atoms with van der Waals surface area (Å²) in [7, 11) is 1.44. The van der Waals surface area contributed by atoms with Crippen LogP contribution in [0.3, 0.4) is 0 Å². The Balaban J connectivity index is 2.63. The predicted octanol–water partition coefficient (Wildman–Crippen LogP) is 2.91. The first-order valence-electron chi connectivity index (χ1n) is 7.71. The van der Waals surface area contributed by atoms with E-state index >= 15 is 0 Å². The molecule has 0 aromatic heterocycles. The van der Waals surface area contributed by atoms with Crippen molar-refractivity contribution in [3.8, 4) is 0 Å². The number of rotatable bonds is 10. The van der Waals surface area contributed by atoms with Gasteiger partial charge in [0.15, 0.2) is 6.10 Å². The van der Waals surface area contributed by atoms with Crippen LogP contribution >= 0.6 is 0 Å². The number of unbranched alkanes of at least 4 members (excludes halogenated alkanes) is 3. The fourth-order valence-electron chi connectivity index (χ4n) is 2.30. The molecule has 5 nitrogen and oxygen atoms in total. The first-order chi connectivity index (χ1) is 10.6. The Bertz CT molecular complexity index is 461. The van der Waals surface area contributed by atoms with Crippen LogP contribution in [-0.4, -0.2) is 30.1 Å². The lowest BCUT2D eigenvalue weighted by Crippen LogP contribution is -2.43. The molecule has 0 saturated carbocycles. The van der Waals surface area contributed by atoms with Gasteiger partial charge in [-0.05, 0) is 12.0 Å². The number of aliphatic carboxylic acids is 1. The van der Waals surface area contributed by atoms with Gasteiger partial charge in [0.05, 0.1) is 0 Å². The number of hydrogen-bond donors (Lipinski definition) is 2. The predicted molar refractivity (Wildman–Crippen MR) is 84.5 cm³/mol. The van der Waals surface area contributed by atoms with E-state index in [0.29, 0.717) is 12.0 Å². The van der Waals surface area contributed by atoms with E-state index < -0.39 is 24.0 Å². The van der Waals surface area contributed by atoms with Crippen LogP contribution in [0.1, 0.15) is 50.7 Å². The molecule has 2 atom stereocenters. The van der Waals surface area contributed by atoms with Gasteiger partial charge < -0.3 is 15.2 Å². The Morgan fingerprint density at radius 2 is 1.86 bits per heavy atom. The summed E-state index contributed by atoms with van der Waals surface area (Å²) in [6.45, 7) is 2.10. The average Bonchev–Trinajstić information content (AvgIpc) is 2.52. The second-order valence-electron chi connectivity index (χ2n) is 5.28. The third-order valence-electron chi connectivity index (χ3n) is 3.54. The Morgan fingerprint density at radius 1 is 1.18 bits per heavy atom. The minimum absolute atomic E-state index is 0.420. The summed E-state index contributed by atoms with van der Waals surface area (Å²) in [5, 5.41) is 11.8. The van der Waals surface area contributed by atoms with E-state index in [1.54, 1.807) is 12.1 Å². The molecule has 0 bridgehead atoms. The van der Waals surface area contributed by atoms with Crippen molar-refractivity contribution in [2.45, 2.75) is 51.2 Å². The molecule has 2 N–H and O–H groups in total. The van der Waals surface area contributed by atoms with Crippen LogP contribution in [-0.2, 0) is 14.3 Å². The van der Waals surface area contributed by atoms with Gasteiger partial charge in [-0.3, -0.25) is 4.79 Å². The van der Waals surface area contributed by atoms with Crippen LogP contribution in [0.5, 0.6) is 0 Å². The normalized spacial score (nSPS) is 13.4. The van der Waals surface area contributed by atoms with Crippen molar-refractivity contribution in [3.63, 3.8) is 0 Å². The average molecular weight is 307 g/mol. The Morgan fingerprint density at radius 3 is 2.41 bits per heavy atom. The number of carbonyl (C=O) groups excluding carboxylic acids is 1. The largest absolute Gasteiger partial charge is 0.480 e. The van der Waals surface area contributed by atoms with Gasteiger partial charge in [0, 0.05) is 7.11 Å². The molecule has 0 aliphatic carbocycles. The molecule has 0 saturated heterocycles. The van der Waals surface area contributed by atoms with Crippen LogP contribution < -0.4 is 5.32 Å². The molecule has 122 valence electrons. The molecule has 1 aromatic carbocycles. The second kappa shape index (κ2) is 9.95. The number of carboxylic acid groups (broad SMARTS) is 1. The molecule has 22 heavy (non-hydrogen) atoms. The van der Waals surface area contributed by atoms with Crippen molar-refractivity contribution in [2.75, 3.05) is 7.11 Å². The molecule has 1 aromatic rings. The van der Waals surface area contributed by atoms with Crippen LogP contribution in [0.15, 0.2) is 30.3 Å². The zero-order valence-electron chi connectivity index (χ0n) is 13.2. The minimum Gasteiger partial charge on any atom is -0.480 e. The summed E-state index contributed by atoms with van der Waals surface area (Å²) in [5.41, 5.74) is 0.706. The molecule has 0 heterocycles. The van der Waals surface area contributed by atoms with Gasteiger partial charge >= 0.3 is 5.97 Å². The second-order valence-corrected chi connectivity index (χ2v) is 5.28. The minimum atomic E-state index is -1.01. The molecular formula is C17H25NO4. The van der Waals surface area contributed by atoms with Crippen LogP contribution in [0.4, 0.5) is 0 Å². The Labute approximate surface area is 131 Å². The molecule has 0 aliphatic heterocycles. The topological polar surface area (TPSA) is 75.6 Å². The highest BCUT2D eigenvalue weighted by Gasteiger charge is 2.25. The summed E-state index contributed by atoms with van der Waals surface area (Å²) in [5.74, 6) is -1.43. The number of methoxy groups -OCH3 is 1. The van der Waals surface area contributed by atoms with Crippen molar-refractivity contribution in [1.29, 1.82) is 0 Å². The van der Waals surface area contributed by atoms with Gasteiger partial charge in [-0.25, -0.2) is 4.79 Å². The maximum Gasteiger partial charge on any atom is 0.326 e. The van der Waals surface area contributed by atoms with E-state index in [0.717, 1.165) is 25.7 Å². The summed E-state index contributed by atoms with van der Waals surface area (Å²) < 4.78 is 5.22. The van der Waals surface area contributed by atoms with Crippen molar-refractivity contribution in [2.24, 2.45) is 0 Å². The Kier molecular flexibility index (Phi) is 8.22. The molecule has 1 rings (SSSR count). The van der Waals surface area contributed by atoms with E-state index in [9.17, 15) is 14.7 Å². The smallest absolute Gasteiger partial charge is 0.326 e. The monoisotopic (exact) mass is 307 g/mol. The summed E-state index contributed by atoms with van der Waals surface area (Å²) in [4.78, 5) is 23.6. The maximum atomic E-state index is 12.3. The van der Waals surface area contributed by atoms with Crippen molar-refractivity contribution >= 4 is 11.9 Å². The number of ether oxygens (including phenoxy) is 1. The molecule has 0 radical (unpaired) electrons. The highest BCUT2D eigenvalue weighted by atomic mass is 16.5. The zero-order valence-corrected chi connectivity index (χ0v) is 13.2. The first kappa shape index (κ1) is 18.2. The summed E-state index contributed by atoms with van der Waals surface area (Å²) in [6.07, 6.45) is 3.57. The van der Waals surface area contributed by atoms with Crippen molar-refractivity contribution < 1.29 is 19.4 Å². The zero-order chi connectivity index (χ0) is 16.4. The molecule has 0 aliphatic rings. The lowest BCUT2D eigenvalue weighted by atomic mass is 10.1. The standard InChI is InChI=1S/C17H25NO4/c1-3-4-5-9-12-14(17(20)21)18-16(19)15(22-2)13-10-7-6-8-11-13/h6-8,10-11,14-15H,3-5,9,12H2,1-2H3,(H,18,19)(H,20,21)/t14-,15-/m1/s1. The fraction of sp³-hybridized carbons (Fsp3) is 0.529. The molecular weight excluding hydrogens is 282 g/mol.